The van der Waals surface area contributed by atoms with Crippen molar-refractivity contribution in [2.75, 3.05) is 13.2 Å². The van der Waals surface area contributed by atoms with Crippen LogP contribution in [-0.2, 0) is 4.79 Å². The first kappa shape index (κ1) is 20.3. The highest BCUT2D eigenvalue weighted by Crippen LogP contribution is 2.29. The topological polar surface area (TPSA) is 38.3 Å². The third kappa shape index (κ3) is 7.20. The zero-order valence-corrected chi connectivity index (χ0v) is 15.9. The number of carbonyl (C=O) groups excluding carboxylic acids is 1. The molecule has 0 saturated heterocycles. The van der Waals surface area contributed by atoms with E-state index in [-0.39, 0.29) is 11.3 Å². The van der Waals surface area contributed by atoms with Crippen LogP contribution in [0, 0.1) is 11.3 Å². The van der Waals surface area contributed by atoms with Crippen molar-refractivity contribution in [2.24, 2.45) is 11.3 Å². The van der Waals surface area contributed by atoms with E-state index in [0.717, 1.165) is 37.2 Å². The van der Waals surface area contributed by atoms with E-state index in [0.29, 0.717) is 12.5 Å². The van der Waals surface area contributed by atoms with Gasteiger partial charge in [-0.2, -0.15) is 0 Å². The van der Waals surface area contributed by atoms with E-state index in [1.54, 1.807) is 6.08 Å². The summed E-state index contributed by atoms with van der Waals surface area (Å²) in [5.74, 6) is 1.28. The molecule has 0 saturated carbocycles. The van der Waals surface area contributed by atoms with Gasteiger partial charge in [0.15, 0.2) is 0 Å². The third-order valence-corrected chi connectivity index (χ3v) is 4.90. The molecule has 3 heteroatoms. The molecule has 1 aromatic carbocycles. The summed E-state index contributed by atoms with van der Waals surface area (Å²) in [4.78, 5) is 12.0. The predicted octanol–water partition coefficient (Wildman–Crippen LogP) is 5.07. The molecular weight excluding hydrogens is 298 g/mol. The van der Waals surface area contributed by atoms with E-state index < -0.39 is 0 Å². The summed E-state index contributed by atoms with van der Waals surface area (Å²) in [6.45, 7) is 12.5. The standard InChI is InChI=1S/C21H33NO2/c1-6-8-15-24-19-12-9-18(10-13-19)11-14-20(23)22-16-17(3)21(4,5)7-2/h9-14,17H,6-8,15-16H2,1-5H3,(H,22,23)/b14-11+. The first-order chi connectivity index (χ1) is 11.4. The van der Waals surface area contributed by atoms with Crippen LogP contribution in [0.1, 0.15) is 59.4 Å². The van der Waals surface area contributed by atoms with Gasteiger partial charge in [0.05, 0.1) is 6.61 Å². The van der Waals surface area contributed by atoms with Crippen LogP contribution in [0.15, 0.2) is 30.3 Å². The lowest BCUT2D eigenvalue weighted by molar-refractivity contribution is -0.116. The Morgan fingerprint density at radius 2 is 1.92 bits per heavy atom. The SMILES string of the molecule is CCCCOc1ccc(/C=C/C(=O)NCC(C)C(C)(C)CC)cc1. The van der Waals surface area contributed by atoms with Crippen molar-refractivity contribution in [3.63, 3.8) is 0 Å². The van der Waals surface area contributed by atoms with Gasteiger partial charge in [0.25, 0.3) is 0 Å². The molecule has 134 valence electrons. The average Bonchev–Trinajstić information content (AvgIpc) is 2.59. The van der Waals surface area contributed by atoms with Crippen LogP contribution in [-0.4, -0.2) is 19.1 Å². The molecule has 0 heterocycles. The highest BCUT2D eigenvalue weighted by atomic mass is 16.5. The van der Waals surface area contributed by atoms with Gasteiger partial charge in [0.2, 0.25) is 5.91 Å². The summed E-state index contributed by atoms with van der Waals surface area (Å²) in [5, 5.41) is 2.99. The Morgan fingerprint density at radius 3 is 2.50 bits per heavy atom. The van der Waals surface area contributed by atoms with E-state index >= 15 is 0 Å². The number of carbonyl (C=O) groups is 1. The quantitative estimate of drug-likeness (QED) is 0.480. The van der Waals surface area contributed by atoms with Crippen LogP contribution < -0.4 is 10.1 Å². The Hall–Kier alpha value is -1.77. The molecule has 0 radical (unpaired) electrons. The molecule has 0 fully saturated rings. The first-order valence-electron chi connectivity index (χ1n) is 9.07. The molecule has 0 aliphatic heterocycles. The van der Waals surface area contributed by atoms with Crippen molar-refractivity contribution in [1.82, 2.24) is 5.32 Å². The zero-order chi connectivity index (χ0) is 18.0. The minimum Gasteiger partial charge on any atom is -0.494 e. The van der Waals surface area contributed by atoms with Crippen LogP contribution in [0.25, 0.3) is 6.08 Å². The van der Waals surface area contributed by atoms with Crippen molar-refractivity contribution < 1.29 is 9.53 Å². The van der Waals surface area contributed by atoms with Crippen LogP contribution in [0.2, 0.25) is 0 Å². The van der Waals surface area contributed by atoms with Crippen LogP contribution in [0.4, 0.5) is 0 Å². The highest BCUT2D eigenvalue weighted by Gasteiger charge is 2.23. The lowest BCUT2D eigenvalue weighted by Crippen LogP contribution is -2.33. The van der Waals surface area contributed by atoms with Gasteiger partial charge < -0.3 is 10.1 Å². The van der Waals surface area contributed by atoms with Crippen molar-refractivity contribution in [2.45, 2.75) is 53.9 Å². The summed E-state index contributed by atoms with van der Waals surface area (Å²) in [7, 11) is 0. The number of nitrogens with one attached hydrogen (secondary N) is 1. The van der Waals surface area contributed by atoms with Crippen molar-refractivity contribution in [3.8, 4) is 5.75 Å². The molecular formula is C21H33NO2. The van der Waals surface area contributed by atoms with E-state index in [1.807, 2.05) is 30.3 Å². The molecule has 1 amide bonds. The van der Waals surface area contributed by atoms with Crippen LogP contribution >= 0.6 is 0 Å². The number of unbranched alkanes of at least 4 members (excludes halogenated alkanes) is 1. The smallest absolute Gasteiger partial charge is 0.244 e. The van der Waals surface area contributed by atoms with E-state index in [2.05, 4.69) is 39.9 Å². The summed E-state index contributed by atoms with van der Waals surface area (Å²) < 4.78 is 5.63. The number of ether oxygens (including phenoxy) is 1. The normalized spacial score (nSPS) is 13.0. The first-order valence-corrected chi connectivity index (χ1v) is 9.07. The number of hydrogen-bond acceptors (Lipinski definition) is 2. The maximum absolute atomic E-state index is 12.0. The molecule has 1 rings (SSSR count). The Bertz CT molecular complexity index is 517. The Labute approximate surface area is 147 Å². The number of hydrogen-bond donors (Lipinski definition) is 1. The minimum atomic E-state index is -0.0444. The Kier molecular flexibility index (Phi) is 8.59. The molecule has 0 aromatic heterocycles. The molecule has 1 N–H and O–H groups in total. The number of benzene rings is 1. The molecule has 1 aromatic rings. The molecule has 0 bridgehead atoms. The summed E-state index contributed by atoms with van der Waals surface area (Å²) in [6, 6.07) is 7.82. The van der Waals surface area contributed by atoms with Crippen molar-refractivity contribution >= 4 is 12.0 Å². The molecule has 0 aliphatic rings. The summed E-state index contributed by atoms with van der Waals surface area (Å²) >= 11 is 0. The van der Waals surface area contributed by atoms with Gasteiger partial charge in [-0.25, -0.2) is 0 Å². The molecule has 24 heavy (non-hydrogen) atoms. The maximum Gasteiger partial charge on any atom is 0.244 e. The van der Waals surface area contributed by atoms with E-state index in [4.69, 9.17) is 4.74 Å². The second kappa shape index (κ2) is 10.2. The second-order valence-corrected chi connectivity index (χ2v) is 7.09. The summed E-state index contributed by atoms with van der Waals surface area (Å²) in [5.41, 5.74) is 1.24. The van der Waals surface area contributed by atoms with Gasteiger partial charge in [-0.3, -0.25) is 4.79 Å². The van der Waals surface area contributed by atoms with Gasteiger partial charge in [0.1, 0.15) is 5.75 Å². The van der Waals surface area contributed by atoms with E-state index in [9.17, 15) is 4.79 Å². The molecule has 3 nitrogen and oxygen atoms in total. The fraction of sp³-hybridized carbons (Fsp3) is 0.571. The molecule has 1 unspecified atom stereocenters. The van der Waals surface area contributed by atoms with Crippen molar-refractivity contribution in [1.29, 1.82) is 0 Å². The lowest BCUT2D eigenvalue weighted by Gasteiger charge is -2.30. The van der Waals surface area contributed by atoms with Crippen LogP contribution in [0.5, 0.6) is 5.75 Å². The Morgan fingerprint density at radius 1 is 1.25 bits per heavy atom. The second-order valence-electron chi connectivity index (χ2n) is 7.09. The van der Waals surface area contributed by atoms with Gasteiger partial charge >= 0.3 is 0 Å². The highest BCUT2D eigenvalue weighted by molar-refractivity contribution is 5.91. The lowest BCUT2D eigenvalue weighted by atomic mass is 9.78. The summed E-state index contributed by atoms with van der Waals surface area (Å²) in [6.07, 6.45) is 6.73. The average molecular weight is 332 g/mol. The largest absolute Gasteiger partial charge is 0.494 e. The molecule has 0 aliphatic carbocycles. The minimum absolute atomic E-state index is 0.0444. The number of rotatable bonds is 10. The van der Waals surface area contributed by atoms with Gasteiger partial charge in [-0.15, -0.1) is 0 Å². The van der Waals surface area contributed by atoms with Crippen molar-refractivity contribution in [3.05, 3.63) is 35.9 Å². The van der Waals surface area contributed by atoms with Gasteiger partial charge in [-0.05, 0) is 41.5 Å². The Balaban J connectivity index is 2.43. The maximum atomic E-state index is 12.0. The third-order valence-electron chi connectivity index (χ3n) is 4.90. The number of amides is 1. The van der Waals surface area contributed by atoms with E-state index in [1.165, 1.54) is 0 Å². The fourth-order valence-electron chi connectivity index (χ4n) is 2.12. The zero-order valence-electron chi connectivity index (χ0n) is 15.9. The predicted molar refractivity (Wildman–Crippen MR) is 102 cm³/mol. The van der Waals surface area contributed by atoms with Gasteiger partial charge in [0, 0.05) is 12.6 Å². The van der Waals surface area contributed by atoms with Crippen LogP contribution in [0.3, 0.4) is 0 Å². The molecule has 1 atom stereocenters. The molecule has 0 spiro atoms. The monoisotopic (exact) mass is 331 g/mol. The van der Waals surface area contributed by atoms with Gasteiger partial charge in [-0.1, -0.05) is 59.6 Å². The fourth-order valence-corrected chi connectivity index (χ4v) is 2.12.